The van der Waals surface area contributed by atoms with Crippen LogP contribution in [0.25, 0.3) is 0 Å². The van der Waals surface area contributed by atoms with Gasteiger partial charge in [-0.05, 0) is 33.1 Å². The summed E-state index contributed by atoms with van der Waals surface area (Å²) in [6.07, 6.45) is 5.06. The third kappa shape index (κ3) is 3.33. The number of nitrogens with two attached hydrogens (primary N) is 1. The highest BCUT2D eigenvalue weighted by Gasteiger charge is 2.22. The number of nitrogen functional groups attached to an aromatic ring is 1. The molecule has 1 atom stereocenters. The van der Waals surface area contributed by atoms with E-state index in [0.29, 0.717) is 5.82 Å². The number of nitrogens with zero attached hydrogens (tertiary/aromatic N) is 3. The van der Waals surface area contributed by atoms with Crippen LogP contribution in [-0.2, 0) is 4.79 Å². The molecule has 0 spiro atoms. The summed E-state index contributed by atoms with van der Waals surface area (Å²) in [6, 6.07) is -0.300. The highest BCUT2D eigenvalue weighted by molar-refractivity contribution is 5.84. The SMILES string of the molecule is Cc1cnc(N)nc1NC(C)C(=O)N1CCCCC1. The summed E-state index contributed by atoms with van der Waals surface area (Å²) in [7, 11) is 0. The van der Waals surface area contributed by atoms with Crippen LogP contribution >= 0.6 is 0 Å². The van der Waals surface area contributed by atoms with Crippen LogP contribution < -0.4 is 11.1 Å². The molecule has 104 valence electrons. The lowest BCUT2D eigenvalue weighted by Gasteiger charge is -2.29. The summed E-state index contributed by atoms with van der Waals surface area (Å²) in [5.74, 6) is 0.965. The van der Waals surface area contributed by atoms with E-state index in [1.807, 2.05) is 18.7 Å². The Morgan fingerprint density at radius 2 is 2.11 bits per heavy atom. The summed E-state index contributed by atoms with van der Waals surface area (Å²) in [4.78, 5) is 22.2. The molecule has 2 rings (SSSR count). The van der Waals surface area contributed by atoms with Gasteiger partial charge in [-0.25, -0.2) is 4.98 Å². The van der Waals surface area contributed by atoms with E-state index in [0.717, 1.165) is 31.5 Å². The maximum Gasteiger partial charge on any atom is 0.244 e. The van der Waals surface area contributed by atoms with E-state index in [4.69, 9.17) is 5.73 Å². The number of likely N-dealkylation sites (tertiary alicyclic amines) is 1. The second kappa shape index (κ2) is 5.86. The Hall–Kier alpha value is -1.85. The Morgan fingerprint density at radius 3 is 2.79 bits per heavy atom. The van der Waals surface area contributed by atoms with Gasteiger partial charge in [0.05, 0.1) is 0 Å². The summed E-state index contributed by atoms with van der Waals surface area (Å²) >= 11 is 0. The van der Waals surface area contributed by atoms with E-state index in [9.17, 15) is 4.79 Å². The van der Waals surface area contributed by atoms with Crippen molar-refractivity contribution < 1.29 is 4.79 Å². The van der Waals surface area contributed by atoms with Gasteiger partial charge in [0, 0.05) is 24.8 Å². The molecule has 2 heterocycles. The Balaban J connectivity index is 2.01. The van der Waals surface area contributed by atoms with Crippen LogP contribution in [0, 0.1) is 6.92 Å². The first-order valence-electron chi connectivity index (χ1n) is 6.72. The van der Waals surface area contributed by atoms with Crippen molar-refractivity contribution in [3.05, 3.63) is 11.8 Å². The fourth-order valence-corrected chi connectivity index (χ4v) is 2.26. The molecule has 1 unspecified atom stereocenters. The predicted octanol–water partition coefficient (Wildman–Crippen LogP) is 1.18. The topological polar surface area (TPSA) is 84.1 Å². The van der Waals surface area contributed by atoms with Gasteiger partial charge in [-0.1, -0.05) is 0 Å². The smallest absolute Gasteiger partial charge is 0.244 e. The number of hydrogen-bond donors (Lipinski definition) is 2. The fourth-order valence-electron chi connectivity index (χ4n) is 2.26. The molecule has 3 N–H and O–H groups in total. The molecule has 0 radical (unpaired) electrons. The molecule has 1 saturated heterocycles. The molecule has 1 fully saturated rings. The monoisotopic (exact) mass is 263 g/mol. The lowest BCUT2D eigenvalue weighted by molar-refractivity contribution is -0.132. The number of amides is 1. The van der Waals surface area contributed by atoms with Gasteiger partial charge in [0.1, 0.15) is 11.9 Å². The number of hydrogen-bond acceptors (Lipinski definition) is 5. The van der Waals surface area contributed by atoms with Gasteiger partial charge in [-0.3, -0.25) is 4.79 Å². The Kier molecular flexibility index (Phi) is 4.19. The van der Waals surface area contributed by atoms with Crippen molar-refractivity contribution >= 4 is 17.7 Å². The minimum absolute atomic E-state index is 0.122. The van der Waals surface area contributed by atoms with E-state index in [2.05, 4.69) is 15.3 Å². The molecule has 1 aromatic rings. The van der Waals surface area contributed by atoms with E-state index in [1.54, 1.807) is 6.20 Å². The first-order valence-corrected chi connectivity index (χ1v) is 6.72. The number of nitrogens with one attached hydrogen (secondary N) is 1. The molecule has 19 heavy (non-hydrogen) atoms. The van der Waals surface area contributed by atoms with Crippen LogP contribution in [-0.4, -0.2) is 39.9 Å². The van der Waals surface area contributed by atoms with Crippen molar-refractivity contribution in [2.45, 2.75) is 39.2 Å². The summed E-state index contributed by atoms with van der Waals surface area (Å²) in [5, 5.41) is 3.13. The second-order valence-electron chi connectivity index (χ2n) is 5.01. The lowest BCUT2D eigenvalue weighted by Crippen LogP contribution is -2.44. The molecule has 6 nitrogen and oxygen atoms in total. The van der Waals surface area contributed by atoms with Crippen LogP contribution in [0.4, 0.5) is 11.8 Å². The molecule has 1 aliphatic rings. The Morgan fingerprint density at radius 1 is 1.42 bits per heavy atom. The number of aromatic nitrogens is 2. The number of piperidine rings is 1. The molecule has 1 aliphatic heterocycles. The number of rotatable bonds is 3. The van der Waals surface area contributed by atoms with Crippen LogP contribution in [0.1, 0.15) is 31.7 Å². The largest absolute Gasteiger partial charge is 0.368 e. The van der Waals surface area contributed by atoms with Crippen LogP contribution in [0.2, 0.25) is 0 Å². The average molecular weight is 263 g/mol. The van der Waals surface area contributed by atoms with E-state index < -0.39 is 0 Å². The molecular weight excluding hydrogens is 242 g/mol. The van der Waals surface area contributed by atoms with Gasteiger partial charge in [-0.2, -0.15) is 4.98 Å². The molecule has 1 amide bonds. The number of carbonyl (C=O) groups excluding carboxylic acids is 1. The molecule has 0 aromatic carbocycles. The second-order valence-corrected chi connectivity index (χ2v) is 5.01. The van der Waals surface area contributed by atoms with Crippen molar-refractivity contribution in [1.82, 2.24) is 14.9 Å². The summed E-state index contributed by atoms with van der Waals surface area (Å²) < 4.78 is 0. The van der Waals surface area contributed by atoms with Crippen LogP contribution in [0.3, 0.4) is 0 Å². The van der Waals surface area contributed by atoms with E-state index >= 15 is 0 Å². The standard InChI is InChI=1S/C13H21N5O/c1-9-8-15-13(14)17-11(9)16-10(2)12(19)18-6-4-3-5-7-18/h8,10H,3-7H2,1-2H3,(H3,14,15,16,17). The molecule has 1 aromatic heterocycles. The normalized spacial score (nSPS) is 17.1. The van der Waals surface area contributed by atoms with E-state index in [1.165, 1.54) is 6.42 Å². The zero-order valence-electron chi connectivity index (χ0n) is 11.5. The predicted molar refractivity (Wildman–Crippen MR) is 74.7 cm³/mol. The van der Waals surface area contributed by atoms with Gasteiger partial charge in [0.25, 0.3) is 0 Å². The molecule has 0 aliphatic carbocycles. The third-order valence-electron chi connectivity index (χ3n) is 3.38. The third-order valence-corrected chi connectivity index (χ3v) is 3.38. The van der Waals surface area contributed by atoms with Gasteiger partial charge in [0.15, 0.2) is 0 Å². The van der Waals surface area contributed by atoms with Crippen molar-refractivity contribution in [3.63, 3.8) is 0 Å². The number of aryl methyl sites for hydroxylation is 1. The maximum atomic E-state index is 12.3. The summed E-state index contributed by atoms with van der Waals surface area (Å²) in [5.41, 5.74) is 6.45. The average Bonchev–Trinajstić information content (AvgIpc) is 2.43. The fraction of sp³-hybridized carbons (Fsp3) is 0.615. The van der Waals surface area contributed by atoms with Crippen molar-refractivity contribution in [3.8, 4) is 0 Å². The van der Waals surface area contributed by atoms with Crippen LogP contribution in [0.15, 0.2) is 6.20 Å². The Bertz CT molecular complexity index is 456. The highest BCUT2D eigenvalue weighted by atomic mass is 16.2. The Labute approximate surface area is 113 Å². The molecule has 0 saturated carbocycles. The van der Waals surface area contributed by atoms with Crippen molar-refractivity contribution in [2.75, 3.05) is 24.1 Å². The quantitative estimate of drug-likeness (QED) is 0.855. The van der Waals surface area contributed by atoms with Crippen LogP contribution in [0.5, 0.6) is 0 Å². The lowest BCUT2D eigenvalue weighted by atomic mass is 10.1. The van der Waals surface area contributed by atoms with Crippen molar-refractivity contribution in [2.24, 2.45) is 0 Å². The zero-order chi connectivity index (χ0) is 13.8. The minimum atomic E-state index is -0.300. The molecule has 0 bridgehead atoms. The van der Waals surface area contributed by atoms with Gasteiger partial charge < -0.3 is 16.0 Å². The van der Waals surface area contributed by atoms with E-state index in [-0.39, 0.29) is 17.9 Å². The summed E-state index contributed by atoms with van der Waals surface area (Å²) in [6.45, 7) is 5.46. The minimum Gasteiger partial charge on any atom is -0.368 e. The number of anilines is 2. The van der Waals surface area contributed by atoms with Gasteiger partial charge >= 0.3 is 0 Å². The molecule has 6 heteroatoms. The molecular formula is C13H21N5O. The number of carbonyl (C=O) groups is 1. The maximum absolute atomic E-state index is 12.3. The first-order chi connectivity index (χ1) is 9.08. The first kappa shape index (κ1) is 13.6. The zero-order valence-corrected chi connectivity index (χ0v) is 11.5. The van der Waals surface area contributed by atoms with Gasteiger partial charge in [0.2, 0.25) is 11.9 Å². The van der Waals surface area contributed by atoms with Gasteiger partial charge in [-0.15, -0.1) is 0 Å². The highest BCUT2D eigenvalue weighted by Crippen LogP contribution is 2.15. The van der Waals surface area contributed by atoms with Crippen molar-refractivity contribution in [1.29, 1.82) is 0 Å².